The summed E-state index contributed by atoms with van der Waals surface area (Å²) < 4.78 is 472. The third kappa shape index (κ3) is 10.1. The van der Waals surface area contributed by atoms with E-state index in [2.05, 4.69) is 29.9 Å². The van der Waals surface area contributed by atoms with Gasteiger partial charge in [-0.05, 0) is 66.8 Å². The molecule has 0 amide bonds. The molecule has 5 aliphatic rings. The van der Waals surface area contributed by atoms with E-state index in [0.717, 1.165) is 0 Å². The second kappa shape index (κ2) is 24.6. The Morgan fingerprint density at radius 2 is 0.500 bits per heavy atom. The Kier molecular flexibility index (Phi) is 16.6. The van der Waals surface area contributed by atoms with Crippen LogP contribution in [0.3, 0.4) is 0 Å². The zero-order chi connectivity index (χ0) is 73.9. The summed E-state index contributed by atoms with van der Waals surface area (Å²) in [4.78, 5) is 19.9. The fraction of sp³-hybridized carbons (Fsp3) is 0.0303. The summed E-state index contributed by atoms with van der Waals surface area (Å²) in [6.45, 7) is 0. The summed E-state index contributed by atoms with van der Waals surface area (Å²) in [5.74, 6) is -88.7. The van der Waals surface area contributed by atoms with Gasteiger partial charge in [0.05, 0.1) is 79.7 Å². The van der Waals surface area contributed by atoms with Crippen LogP contribution in [0.1, 0.15) is 50.7 Å². The molecule has 0 saturated carbocycles. The molecule has 0 radical (unpaired) electrons. The molecule has 8 aromatic rings. The fourth-order valence-electron chi connectivity index (χ4n) is 11.6. The molecule has 102 heavy (non-hydrogen) atoms. The average molecular weight is 1460 g/mol. The second-order valence-corrected chi connectivity index (χ2v) is 21.7. The molecule has 12 bridgehead atoms. The lowest BCUT2D eigenvalue weighted by molar-refractivity contribution is 0.364. The fourth-order valence-corrected chi connectivity index (χ4v) is 11.6. The maximum atomic E-state index is 16.5. The first-order valence-corrected chi connectivity index (χ1v) is 27.7. The highest BCUT2D eigenvalue weighted by Gasteiger charge is 2.43. The number of nitrogens with one attached hydrogen (secondary N) is 2. The molecular formula is C66H16F30N6. The molecule has 0 fully saturated rings. The summed E-state index contributed by atoms with van der Waals surface area (Å²) in [5.41, 5.74) is -32.9. The molecule has 2 unspecified atom stereocenters. The molecule has 2 atom stereocenters. The van der Waals surface area contributed by atoms with Crippen LogP contribution in [0.2, 0.25) is 0 Å². The van der Waals surface area contributed by atoms with E-state index in [1.165, 1.54) is 0 Å². The van der Waals surface area contributed by atoms with Gasteiger partial charge in [-0.2, -0.15) is 0 Å². The average Bonchev–Trinajstić information content (AvgIpc) is 1.39. The van der Waals surface area contributed by atoms with Crippen molar-refractivity contribution < 1.29 is 132 Å². The Hall–Kier alpha value is -11.6. The Morgan fingerprint density at radius 1 is 0.235 bits per heavy atom. The summed E-state index contributed by atoms with van der Waals surface area (Å²) >= 11 is 0. The van der Waals surface area contributed by atoms with Gasteiger partial charge in [-0.3, -0.25) is 4.99 Å². The molecule has 36 heteroatoms. The molecule has 7 heterocycles. The van der Waals surface area contributed by atoms with Crippen molar-refractivity contribution in [3.63, 3.8) is 0 Å². The van der Waals surface area contributed by atoms with Crippen LogP contribution in [0.5, 0.6) is 0 Å². The lowest BCUT2D eigenvalue weighted by atomic mass is 9.88. The minimum Gasteiger partial charge on any atom is -0.358 e. The molecule has 6 aromatic carbocycles. The number of aliphatic imine (C=N–C) groups is 4. The Balaban J connectivity index is 1.25. The molecule has 0 saturated heterocycles. The van der Waals surface area contributed by atoms with Gasteiger partial charge in [0.25, 0.3) is 0 Å². The predicted molar refractivity (Wildman–Crippen MR) is 295 cm³/mol. The van der Waals surface area contributed by atoms with E-state index in [9.17, 15) is 26.3 Å². The summed E-state index contributed by atoms with van der Waals surface area (Å²) in [7, 11) is 0. The van der Waals surface area contributed by atoms with Crippen molar-refractivity contribution in [2.24, 2.45) is 20.0 Å². The van der Waals surface area contributed by atoms with Crippen LogP contribution in [0.4, 0.5) is 132 Å². The van der Waals surface area contributed by atoms with Gasteiger partial charge in [0.15, 0.2) is 140 Å². The van der Waals surface area contributed by atoms with Crippen molar-refractivity contribution >= 4 is 50.7 Å². The highest BCUT2D eigenvalue weighted by molar-refractivity contribution is 6.36. The molecule has 13 rings (SSSR count). The molecule has 6 nitrogen and oxygen atoms in total. The summed E-state index contributed by atoms with van der Waals surface area (Å²) in [6.07, 6.45) is 3.04. The van der Waals surface area contributed by atoms with Crippen molar-refractivity contribution in [3.05, 3.63) is 320 Å². The standard InChI is InChI=1S/C66H16F30N6/c67-37-31(38(68)50(80)61(91)49(37)79)25-13-1-2-14(97-13)26(32-39(69)51(81)62(92)52(82)40(32)70)16-5-6-18(99-16)28(34-43(73)55(85)64(94)56(86)44(34)74)20-9-10-22(101-20)30(36-47(77)59(89)66(96)60(90)48(36)78)24-12-11-23(102-24)29(35-45(75)57(87)65(95)58(88)46(35)76)21-8-7-19(100-21)27(17-4-3-15(25)98-17)33-41(71)53(83)63(93)54(84)42(33)72/h1-13,25,98,101H/b26-16-,27-19+,28-20+,29-23+,30-22+. The van der Waals surface area contributed by atoms with Crippen LogP contribution < -0.4 is 10.7 Å². The number of fused-ring (bicyclic) bond motifs is 8. The Bertz CT molecular complexity index is 5600. The van der Waals surface area contributed by atoms with Gasteiger partial charge in [-0.15, -0.1) is 0 Å². The van der Waals surface area contributed by atoms with Crippen molar-refractivity contribution in [3.8, 4) is 0 Å². The number of nitrogens with zero attached hydrogens (tertiary/aromatic N) is 4. The number of hydrogen-bond donors (Lipinski definition) is 2. The maximum Gasteiger partial charge on any atom is 0.200 e. The van der Waals surface area contributed by atoms with E-state index >= 15 is 105 Å². The number of hydrogen-bond acceptors (Lipinski definition) is 4. The van der Waals surface area contributed by atoms with E-state index in [0.29, 0.717) is 72.9 Å². The number of halogens is 30. The first kappa shape index (κ1) is 68.9. The molecular weight excluding hydrogens is 1450 g/mol. The van der Waals surface area contributed by atoms with Gasteiger partial charge in [0, 0.05) is 55.5 Å². The number of rotatable bonds is 6. The molecule has 0 spiro atoms. The van der Waals surface area contributed by atoms with Gasteiger partial charge in [0.1, 0.15) is 0 Å². The van der Waals surface area contributed by atoms with Gasteiger partial charge in [0.2, 0.25) is 34.9 Å². The van der Waals surface area contributed by atoms with Crippen molar-refractivity contribution in [2.75, 3.05) is 0 Å². The van der Waals surface area contributed by atoms with Crippen molar-refractivity contribution in [2.45, 2.75) is 12.0 Å². The topological polar surface area (TPSA) is 81.0 Å². The zero-order valence-electron chi connectivity index (χ0n) is 48.2. The summed E-state index contributed by atoms with van der Waals surface area (Å²) in [6, 6.07) is -0.900. The van der Waals surface area contributed by atoms with E-state index < -0.39 is 310 Å². The van der Waals surface area contributed by atoms with E-state index in [1.54, 1.807) is 0 Å². The van der Waals surface area contributed by atoms with Crippen LogP contribution in [0.15, 0.2) is 110 Å². The SMILES string of the molecule is Fc1c(F)c(F)c(/C2=C3\C=CC(=N3)/C(c3c(F)c(F)c(F)c(F)c3F)=c3/cc/c([nH]3)=C(\c3c(F)c(F)c(F)c(F)c3F)C3=N/C(=C(\c4c(F)c(F)c(F)c(F)c4F)C4=NC(C=C4)C(c4c(F)c(F)c(F)c(F)c4F)c4ccc([nH]4)/C(c4c(F)c(F)c(F)c(F)c4F)=C4/C=CC2=N4)C=C3)c(F)c1F. The Labute approximate surface area is 543 Å². The lowest BCUT2D eigenvalue weighted by Crippen LogP contribution is -2.24. The predicted octanol–water partition coefficient (Wildman–Crippen LogP) is 16.8. The number of H-pyrrole nitrogens is 2. The highest BCUT2D eigenvalue weighted by atomic mass is 19.2. The minimum absolute atomic E-state index is 0.353. The number of aromatic nitrogens is 2. The number of benzene rings is 6. The summed E-state index contributed by atoms with van der Waals surface area (Å²) in [5, 5.41) is -2.54. The monoisotopic (exact) mass is 1460 g/mol. The third-order valence-electron chi connectivity index (χ3n) is 16.2. The normalized spacial score (nSPS) is 19.8. The Morgan fingerprint density at radius 3 is 0.833 bits per heavy atom. The van der Waals surface area contributed by atoms with Crippen molar-refractivity contribution in [1.82, 2.24) is 9.97 Å². The molecule has 2 N–H and O–H groups in total. The van der Waals surface area contributed by atoms with Crippen LogP contribution in [-0.2, 0) is 0 Å². The second-order valence-electron chi connectivity index (χ2n) is 21.7. The van der Waals surface area contributed by atoms with Gasteiger partial charge < -0.3 is 9.97 Å². The third-order valence-corrected chi connectivity index (χ3v) is 16.2. The van der Waals surface area contributed by atoms with Gasteiger partial charge >= 0.3 is 0 Å². The van der Waals surface area contributed by atoms with Crippen LogP contribution >= 0.6 is 0 Å². The maximum absolute atomic E-state index is 16.5. The quantitative estimate of drug-likeness (QED) is 0.0945. The minimum atomic E-state index is -2.92. The highest BCUT2D eigenvalue weighted by Crippen LogP contribution is 2.46. The van der Waals surface area contributed by atoms with Crippen LogP contribution in [0.25, 0.3) is 27.9 Å². The van der Waals surface area contributed by atoms with Crippen LogP contribution in [0, 0.1) is 175 Å². The largest absolute Gasteiger partial charge is 0.358 e. The van der Waals surface area contributed by atoms with Gasteiger partial charge in [-0.1, -0.05) is 6.08 Å². The van der Waals surface area contributed by atoms with Gasteiger partial charge in [-0.25, -0.2) is 147 Å². The lowest BCUT2D eigenvalue weighted by Gasteiger charge is -2.22. The van der Waals surface area contributed by atoms with Crippen molar-refractivity contribution in [1.29, 1.82) is 0 Å². The zero-order valence-corrected chi connectivity index (χ0v) is 48.2. The molecule has 0 aliphatic carbocycles. The number of allylic oxidation sites excluding steroid dienone is 9. The van der Waals surface area contributed by atoms with E-state index in [4.69, 9.17) is 0 Å². The smallest absolute Gasteiger partial charge is 0.200 e. The number of aromatic amines is 2. The molecule has 5 aliphatic heterocycles. The molecule has 520 valence electrons. The first-order valence-electron chi connectivity index (χ1n) is 27.7. The molecule has 2 aromatic heterocycles. The first-order chi connectivity index (χ1) is 48.1. The van der Waals surface area contributed by atoms with E-state index in [-0.39, 0.29) is 0 Å². The van der Waals surface area contributed by atoms with Crippen LogP contribution in [-0.4, -0.2) is 38.9 Å². The van der Waals surface area contributed by atoms with E-state index in [1.807, 2.05) is 0 Å².